The number of benzene rings is 1. The summed E-state index contributed by atoms with van der Waals surface area (Å²) in [5.41, 5.74) is 0. The number of hydrogen-bond acceptors (Lipinski definition) is 3. The molecule has 1 fully saturated rings. The molecule has 0 saturated carbocycles. The predicted molar refractivity (Wildman–Crippen MR) is 88.8 cm³/mol. The number of ether oxygens (including phenoxy) is 1. The van der Waals surface area contributed by atoms with E-state index in [-0.39, 0.29) is 0 Å². The van der Waals surface area contributed by atoms with E-state index in [0.29, 0.717) is 12.1 Å². The van der Waals surface area contributed by atoms with Crippen molar-refractivity contribution in [2.75, 3.05) is 26.2 Å². The van der Waals surface area contributed by atoms with Crippen LogP contribution >= 0.6 is 0 Å². The van der Waals surface area contributed by atoms with Crippen molar-refractivity contribution in [1.82, 2.24) is 10.2 Å². The van der Waals surface area contributed by atoms with Crippen molar-refractivity contribution in [2.24, 2.45) is 5.92 Å². The molecule has 1 aromatic rings. The molecule has 1 saturated heterocycles. The van der Waals surface area contributed by atoms with Crippen molar-refractivity contribution >= 4 is 0 Å². The highest BCUT2D eigenvalue weighted by atomic mass is 16.5. The first-order valence-corrected chi connectivity index (χ1v) is 8.34. The molecule has 1 heterocycles. The second-order valence-corrected chi connectivity index (χ2v) is 6.45. The van der Waals surface area contributed by atoms with Crippen molar-refractivity contribution < 1.29 is 4.74 Å². The molecule has 2 unspecified atom stereocenters. The van der Waals surface area contributed by atoms with Crippen LogP contribution in [0.25, 0.3) is 0 Å². The summed E-state index contributed by atoms with van der Waals surface area (Å²) in [4.78, 5) is 2.60. The van der Waals surface area contributed by atoms with Crippen LogP contribution in [-0.4, -0.2) is 43.2 Å². The first kappa shape index (κ1) is 16.3. The highest BCUT2D eigenvalue weighted by molar-refractivity contribution is 5.20. The molecule has 0 amide bonds. The fourth-order valence-corrected chi connectivity index (χ4v) is 3.13. The smallest absolute Gasteiger partial charge is 0.119 e. The van der Waals surface area contributed by atoms with Crippen LogP contribution < -0.4 is 10.1 Å². The number of nitrogens with zero attached hydrogens (tertiary/aromatic N) is 1. The van der Waals surface area contributed by atoms with Crippen LogP contribution in [0.5, 0.6) is 5.75 Å². The van der Waals surface area contributed by atoms with E-state index in [1.54, 1.807) is 0 Å². The zero-order valence-electron chi connectivity index (χ0n) is 13.7. The van der Waals surface area contributed by atoms with Crippen LogP contribution in [0.2, 0.25) is 0 Å². The maximum atomic E-state index is 5.86. The van der Waals surface area contributed by atoms with Gasteiger partial charge in [-0.15, -0.1) is 0 Å². The van der Waals surface area contributed by atoms with Gasteiger partial charge in [-0.25, -0.2) is 0 Å². The molecular formula is C18H30N2O. The highest BCUT2D eigenvalue weighted by Gasteiger charge is 2.26. The van der Waals surface area contributed by atoms with E-state index >= 15 is 0 Å². The summed E-state index contributed by atoms with van der Waals surface area (Å²) in [6.45, 7) is 10.9. The minimum atomic E-state index is 0.629. The zero-order chi connectivity index (χ0) is 15.1. The van der Waals surface area contributed by atoms with E-state index in [1.165, 1.54) is 12.8 Å². The van der Waals surface area contributed by atoms with Crippen molar-refractivity contribution in [3.8, 4) is 5.75 Å². The second-order valence-electron chi connectivity index (χ2n) is 6.45. The lowest BCUT2D eigenvalue weighted by molar-refractivity contribution is 0.100. The molecule has 2 atom stereocenters. The quantitative estimate of drug-likeness (QED) is 0.835. The van der Waals surface area contributed by atoms with Gasteiger partial charge in [-0.2, -0.15) is 0 Å². The van der Waals surface area contributed by atoms with Gasteiger partial charge in [0.05, 0.1) is 0 Å². The first-order chi connectivity index (χ1) is 10.2. The fourth-order valence-electron chi connectivity index (χ4n) is 3.13. The third kappa shape index (κ3) is 5.33. The Kier molecular flexibility index (Phi) is 6.52. The van der Waals surface area contributed by atoms with Crippen molar-refractivity contribution in [3.05, 3.63) is 30.3 Å². The Balaban J connectivity index is 1.80. The average molecular weight is 290 g/mol. The molecule has 1 aliphatic heterocycles. The minimum Gasteiger partial charge on any atom is -0.492 e. The summed E-state index contributed by atoms with van der Waals surface area (Å²) in [5.74, 6) is 1.72. The first-order valence-electron chi connectivity index (χ1n) is 8.34. The van der Waals surface area contributed by atoms with Gasteiger partial charge in [0.2, 0.25) is 0 Å². The number of nitrogens with one attached hydrogen (secondary N) is 1. The highest BCUT2D eigenvalue weighted by Crippen LogP contribution is 2.15. The molecule has 1 aromatic carbocycles. The zero-order valence-corrected chi connectivity index (χ0v) is 13.7. The minimum absolute atomic E-state index is 0.629. The molecule has 0 aromatic heterocycles. The van der Waals surface area contributed by atoms with Gasteiger partial charge in [-0.1, -0.05) is 39.0 Å². The largest absolute Gasteiger partial charge is 0.492 e. The standard InChI is InChI=1S/C18H30N2O/c1-4-17-13-19-16(12-15(2)3)14-20(17)10-11-21-18-8-6-5-7-9-18/h5-9,15-17,19H,4,10-14H2,1-3H3. The van der Waals surface area contributed by atoms with Crippen molar-refractivity contribution in [3.63, 3.8) is 0 Å². The lowest BCUT2D eigenvalue weighted by Gasteiger charge is -2.40. The maximum Gasteiger partial charge on any atom is 0.119 e. The normalized spacial score (nSPS) is 23.4. The molecule has 1 N–H and O–H groups in total. The Morgan fingerprint density at radius 1 is 1.29 bits per heavy atom. The number of piperazine rings is 1. The van der Waals surface area contributed by atoms with E-state index in [4.69, 9.17) is 4.74 Å². The number of hydrogen-bond donors (Lipinski definition) is 1. The van der Waals surface area contributed by atoms with Crippen LogP contribution in [0.1, 0.15) is 33.6 Å². The summed E-state index contributed by atoms with van der Waals surface area (Å²) in [6.07, 6.45) is 2.46. The van der Waals surface area contributed by atoms with Gasteiger partial charge >= 0.3 is 0 Å². The van der Waals surface area contributed by atoms with Gasteiger partial charge in [0.25, 0.3) is 0 Å². The molecule has 118 valence electrons. The summed E-state index contributed by atoms with van der Waals surface area (Å²) < 4.78 is 5.86. The van der Waals surface area contributed by atoms with Gasteiger partial charge in [0.1, 0.15) is 12.4 Å². The van der Waals surface area contributed by atoms with Crippen LogP contribution in [0, 0.1) is 5.92 Å². The van der Waals surface area contributed by atoms with E-state index in [0.717, 1.165) is 37.9 Å². The van der Waals surface area contributed by atoms with E-state index in [1.807, 2.05) is 30.3 Å². The number of para-hydroxylation sites is 1. The average Bonchev–Trinajstić information content (AvgIpc) is 2.48. The third-order valence-electron chi connectivity index (χ3n) is 4.23. The topological polar surface area (TPSA) is 24.5 Å². The Morgan fingerprint density at radius 3 is 2.71 bits per heavy atom. The molecule has 0 radical (unpaired) electrons. The molecule has 1 aliphatic rings. The summed E-state index contributed by atoms with van der Waals surface area (Å²) in [7, 11) is 0. The Morgan fingerprint density at radius 2 is 2.05 bits per heavy atom. The number of rotatable bonds is 7. The molecule has 2 rings (SSSR count). The van der Waals surface area contributed by atoms with Crippen LogP contribution in [0.4, 0.5) is 0 Å². The summed E-state index contributed by atoms with van der Waals surface area (Å²) in [5, 5.41) is 3.71. The Labute approximate surface area is 129 Å². The van der Waals surface area contributed by atoms with Gasteiger partial charge in [-0.05, 0) is 30.9 Å². The van der Waals surface area contributed by atoms with Gasteiger partial charge < -0.3 is 10.1 Å². The van der Waals surface area contributed by atoms with E-state index < -0.39 is 0 Å². The lowest BCUT2D eigenvalue weighted by Crippen LogP contribution is -2.57. The second kappa shape index (κ2) is 8.40. The molecule has 0 aliphatic carbocycles. The molecule has 0 bridgehead atoms. The van der Waals surface area contributed by atoms with Crippen molar-refractivity contribution in [2.45, 2.75) is 45.7 Å². The summed E-state index contributed by atoms with van der Waals surface area (Å²) in [6, 6.07) is 11.4. The molecule has 21 heavy (non-hydrogen) atoms. The molecular weight excluding hydrogens is 260 g/mol. The van der Waals surface area contributed by atoms with E-state index in [9.17, 15) is 0 Å². The predicted octanol–water partition coefficient (Wildman–Crippen LogP) is 3.16. The van der Waals surface area contributed by atoms with Crippen LogP contribution in [0.15, 0.2) is 30.3 Å². The van der Waals surface area contributed by atoms with Gasteiger partial charge in [0.15, 0.2) is 0 Å². The monoisotopic (exact) mass is 290 g/mol. The lowest BCUT2D eigenvalue weighted by atomic mass is 9.99. The van der Waals surface area contributed by atoms with Crippen molar-refractivity contribution in [1.29, 1.82) is 0 Å². The Hall–Kier alpha value is -1.06. The molecule has 3 nitrogen and oxygen atoms in total. The summed E-state index contributed by atoms with van der Waals surface area (Å²) >= 11 is 0. The van der Waals surface area contributed by atoms with E-state index in [2.05, 4.69) is 31.0 Å². The fraction of sp³-hybridized carbons (Fsp3) is 0.667. The SMILES string of the molecule is CCC1CNC(CC(C)C)CN1CCOc1ccccc1. The Bertz CT molecular complexity index is 393. The van der Waals surface area contributed by atoms with Crippen LogP contribution in [0.3, 0.4) is 0 Å². The van der Waals surface area contributed by atoms with Gasteiger partial charge in [0, 0.05) is 31.7 Å². The molecule has 3 heteroatoms. The third-order valence-corrected chi connectivity index (χ3v) is 4.23. The maximum absolute atomic E-state index is 5.86. The van der Waals surface area contributed by atoms with Gasteiger partial charge in [-0.3, -0.25) is 4.90 Å². The van der Waals surface area contributed by atoms with Crippen LogP contribution in [-0.2, 0) is 0 Å². The molecule has 0 spiro atoms.